The fraction of sp³-hybridized carbons (Fsp3) is 0.188. The Kier molecular flexibility index (Phi) is 3.41. The average molecular weight is 316 g/mol. The van der Waals surface area contributed by atoms with Gasteiger partial charge in [0.05, 0.1) is 18.2 Å². The van der Waals surface area contributed by atoms with E-state index in [2.05, 4.69) is 4.98 Å². The molecule has 0 spiro atoms. The van der Waals surface area contributed by atoms with Crippen LogP contribution >= 0.6 is 0 Å². The van der Waals surface area contributed by atoms with Crippen molar-refractivity contribution in [2.75, 3.05) is 7.11 Å². The molecule has 0 bridgehead atoms. The van der Waals surface area contributed by atoms with Crippen LogP contribution in [0.5, 0.6) is 5.75 Å². The molecule has 0 radical (unpaired) electrons. The largest absolute Gasteiger partial charge is 0.495 e. The van der Waals surface area contributed by atoms with E-state index in [1.807, 2.05) is 6.92 Å². The summed E-state index contributed by atoms with van der Waals surface area (Å²) in [5, 5.41) is 0.729. The quantitative estimate of drug-likeness (QED) is 0.745. The molecule has 0 saturated carbocycles. The maximum atomic E-state index is 12.9. The molecule has 3 rings (SSSR count). The third-order valence-corrected chi connectivity index (χ3v) is 5.35. The second kappa shape index (κ2) is 5.14. The SMILES string of the molecule is COc1cnc2c(c1)cc(C)n2S(=O)(=O)c1ccc(C)cc1. The van der Waals surface area contributed by atoms with Crippen molar-refractivity contribution in [3.63, 3.8) is 0 Å². The molecule has 5 nitrogen and oxygen atoms in total. The number of hydrogen-bond acceptors (Lipinski definition) is 4. The number of nitrogens with zero attached hydrogens (tertiary/aromatic N) is 2. The Hall–Kier alpha value is -2.34. The van der Waals surface area contributed by atoms with Gasteiger partial charge in [-0.15, -0.1) is 0 Å². The highest BCUT2D eigenvalue weighted by atomic mass is 32.2. The third-order valence-electron chi connectivity index (χ3n) is 3.54. The van der Waals surface area contributed by atoms with Crippen LogP contribution in [0.4, 0.5) is 0 Å². The van der Waals surface area contributed by atoms with Gasteiger partial charge in [-0.25, -0.2) is 17.4 Å². The summed E-state index contributed by atoms with van der Waals surface area (Å²) in [6.07, 6.45) is 1.52. The van der Waals surface area contributed by atoms with Crippen LogP contribution in [0.15, 0.2) is 47.5 Å². The minimum atomic E-state index is -3.68. The molecule has 0 amide bonds. The minimum absolute atomic E-state index is 0.247. The van der Waals surface area contributed by atoms with Crippen LogP contribution in [0.1, 0.15) is 11.3 Å². The van der Waals surface area contributed by atoms with Gasteiger partial charge in [0.2, 0.25) is 0 Å². The molecule has 1 aromatic carbocycles. The van der Waals surface area contributed by atoms with Crippen molar-refractivity contribution in [1.29, 1.82) is 0 Å². The molecule has 3 aromatic rings. The predicted octanol–water partition coefficient (Wildman–Crippen LogP) is 2.90. The summed E-state index contributed by atoms with van der Waals surface area (Å²) in [6.45, 7) is 3.67. The Bertz CT molecular complexity index is 941. The van der Waals surface area contributed by atoms with E-state index in [0.717, 1.165) is 10.9 Å². The van der Waals surface area contributed by atoms with E-state index >= 15 is 0 Å². The zero-order valence-corrected chi connectivity index (χ0v) is 13.4. The molecule has 0 unspecified atom stereocenters. The van der Waals surface area contributed by atoms with Crippen LogP contribution in [0.3, 0.4) is 0 Å². The van der Waals surface area contributed by atoms with E-state index in [9.17, 15) is 8.42 Å². The molecule has 2 heterocycles. The topological polar surface area (TPSA) is 61.2 Å². The molecule has 0 aliphatic carbocycles. The summed E-state index contributed by atoms with van der Waals surface area (Å²) in [4.78, 5) is 4.49. The van der Waals surface area contributed by atoms with Gasteiger partial charge in [0.15, 0.2) is 5.65 Å². The number of hydrogen-bond donors (Lipinski definition) is 0. The maximum Gasteiger partial charge on any atom is 0.269 e. The van der Waals surface area contributed by atoms with Crippen molar-refractivity contribution >= 4 is 21.1 Å². The zero-order chi connectivity index (χ0) is 15.9. The van der Waals surface area contributed by atoms with Gasteiger partial charge in [-0.1, -0.05) is 17.7 Å². The van der Waals surface area contributed by atoms with Crippen LogP contribution in [0, 0.1) is 13.8 Å². The van der Waals surface area contributed by atoms with Crippen LogP contribution in [0.25, 0.3) is 11.0 Å². The smallest absolute Gasteiger partial charge is 0.269 e. The van der Waals surface area contributed by atoms with E-state index in [4.69, 9.17) is 4.74 Å². The van der Waals surface area contributed by atoms with Crippen molar-refractivity contribution in [2.24, 2.45) is 0 Å². The second-order valence-corrected chi connectivity index (χ2v) is 6.94. The highest BCUT2D eigenvalue weighted by molar-refractivity contribution is 7.90. The molecular weight excluding hydrogens is 300 g/mol. The summed E-state index contributed by atoms with van der Waals surface area (Å²) in [5.74, 6) is 0.595. The van der Waals surface area contributed by atoms with Crippen molar-refractivity contribution < 1.29 is 13.2 Å². The molecule has 0 atom stereocenters. The monoisotopic (exact) mass is 316 g/mol. The number of benzene rings is 1. The lowest BCUT2D eigenvalue weighted by molar-refractivity contribution is 0.413. The number of aromatic nitrogens is 2. The van der Waals surface area contributed by atoms with Crippen molar-refractivity contribution in [2.45, 2.75) is 18.7 Å². The summed E-state index contributed by atoms with van der Waals surface area (Å²) in [5.41, 5.74) is 2.02. The number of ether oxygens (including phenoxy) is 1. The Balaban J connectivity index is 2.24. The molecule has 0 aliphatic rings. The lowest BCUT2D eigenvalue weighted by Crippen LogP contribution is -2.14. The first-order valence-corrected chi connectivity index (χ1v) is 8.22. The summed E-state index contributed by atoms with van der Waals surface area (Å²) < 4.78 is 32.2. The molecule has 0 aliphatic heterocycles. The number of aryl methyl sites for hydroxylation is 2. The highest BCUT2D eigenvalue weighted by Crippen LogP contribution is 2.26. The van der Waals surface area contributed by atoms with Crippen LogP contribution in [-0.4, -0.2) is 24.5 Å². The Labute approximate surface area is 129 Å². The molecule has 114 valence electrons. The first-order chi connectivity index (χ1) is 10.4. The van der Waals surface area contributed by atoms with Gasteiger partial charge >= 0.3 is 0 Å². The fourth-order valence-electron chi connectivity index (χ4n) is 2.41. The lowest BCUT2D eigenvalue weighted by Gasteiger charge is -2.09. The average Bonchev–Trinajstić information content (AvgIpc) is 2.83. The van der Waals surface area contributed by atoms with E-state index in [1.54, 1.807) is 50.4 Å². The van der Waals surface area contributed by atoms with Gasteiger partial charge in [-0.3, -0.25) is 0 Å². The van der Waals surface area contributed by atoms with E-state index in [0.29, 0.717) is 17.1 Å². The Morgan fingerprint density at radius 1 is 1.09 bits per heavy atom. The molecule has 6 heteroatoms. The lowest BCUT2D eigenvalue weighted by atomic mass is 10.2. The number of rotatable bonds is 3. The highest BCUT2D eigenvalue weighted by Gasteiger charge is 2.22. The standard InChI is InChI=1S/C16H16N2O3S/c1-11-4-6-15(7-5-11)22(19,20)18-12(2)8-13-9-14(21-3)10-17-16(13)18/h4-10H,1-3H3. The van der Waals surface area contributed by atoms with Crippen LogP contribution in [-0.2, 0) is 10.0 Å². The van der Waals surface area contributed by atoms with Gasteiger partial charge in [0.25, 0.3) is 10.0 Å². The van der Waals surface area contributed by atoms with Crippen molar-refractivity contribution in [3.05, 3.63) is 53.9 Å². The normalized spacial score (nSPS) is 11.8. The number of fused-ring (bicyclic) bond motifs is 1. The van der Waals surface area contributed by atoms with Crippen molar-refractivity contribution in [3.8, 4) is 5.75 Å². The predicted molar refractivity (Wildman–Crippen MR) is 84.8 cm³/mol. The molecule has 0 N–H and O–H groups in total. The molecule has 2 aromatic heterocycles. The molecule has 0 fully saturated rings. The first-order valence-electron chi connectivity index (χ1n) is 6.78. The number of pyridine rings is 1. The second-order valence-electron chi connectivity index (χ2n) is 5.16. The van der Waals surface area contributed by atoms with Gasteiger partial charge in [-0.2, -0.15) is 0 Å². The summed E-state index contributed by atoms with van der Waals surface area (Å²) >= 11 is 0. The molecule has 22 heavy (non-hydrogen) atoms. The molecular formula is C16H16N2O3S. The zero-order valence-electron chi connectivity index (χ0n) is 12.6. The maximum absolute atomic E-state index is 12.9. The third kappa shape index (κ3) is 2.25. The Morgan fingerprint density at radius 3 is 2.41 bits per heavy atom. The van der Waals surface area contributed by atoms with E-state index < -0.39 is 10.0 Å². The summed E-state index contributed by atoms with van der Waals surface area (Å²) in [6, 6.07) is 10.3. The van der Waals surface area contributed by atoms with Gasteiger partial charge < -0.3 is 4.74 Å². The molecule has 0 saturated heterocycles. The van der Waals surface area contributed by atoms with Gasteiger partial charge in [0, 0.05) is 11.1 Å². The van der Waals surface area contributed by atoms with Gasteiger partial charge in [-0.05, 0) is 38.1 Å². The Morgan fingerprint density at radius 2 is 1.77 bits per heavy atom. The van der Waals surface area contributed by atoms with E-state index in [1.165, 1.54) is 10.2 Å². The van der Waals surface area contributed by atoms with Crippen molar-refractivity contribution in [1.82, 2.24) is 8.96 Å². The summed E-state index contributed by atoms with van der Waals surface area (Å²) in [7, 11) is -2.12. The minimum Gasteiger partial charge on any atom is -0.495 e. The van der Waals surface area contributed by atoms with E-state index in [-0.39, 0.29) is 4.90 Å². The van der Waals surface area contributed by atoms with Gasteiger partial charge in [0.1, 0.15) is 5.75 Å². The van der Waals surface area contributed by atoms with Crippen LogP contribution < -0.4 is 4.74 Å². The van der Waals surface area contributed by atoms with Crippen LogP contribution in [0.2, 0.25) is 0 Å². The fourth-order valence-corrected chi connectivity index (χ4v) is 3.91. The number of methoxy groups -OCH3 is 1. The first kappa shape index (κ1) is 14.6.